The van der Waals surface area contributed by atoms with Crippen LogP contribution in [0.2, 0.25) is 0 Å². The predicted octanol–water partition coefficient (Wildman–Crippen LogP) is 1.02. The number of hydrogen-bond donors (Lipinski definition) is 2. The van der Waals surface area contributed by atoms with Gasteiger partial charge in [-0.2, -0.15) is 0 Å². The zero-order chi connectivity index (χ0) is 12.1. The molecule has 3 N–H and O–H groups in total. The summed E-state index contributed by atoms with van der Waals surface area (Å²) in [6.45, 7) is 2.28. The van der Waals surface area contributed by atoms with Gasteiger partial charge in [0.1, 0.15) is 5.75 Å². The van der Waals surface area contributed by atoms with Crippen LogP contribution in [0.4, 0.5) is 0 Å². The van der Waals surface area contributed by atoms with Crippen molar-refractivity contribution in [1.82, 2.24) is 5.32 Å². The Morgan fingerprint density at radius 3 is 3.12 bits per heavy atom. The van der Waals surface area contributed by atoms with E-state index in [0.29, 0.717) is 18.9 Å². The van der Waals surface area contributed by atoms with E-state index in [4.69, 9.17) is 10.5 Å². The molecule has 0 bridgehead atoms. The smallest absolute Gasteiger partial charge is 0.218 e. The topological polar surface area (TPSA) is 64.4 Å². The van der Waals surface area contributed by atoms with Crippen LogP contribution in [0.1, 0.15) is 24.3 Å². The van der Waals surface area contributed by atoms with Gasteiger partial charge in [-0.3, -0.25) is 4.79 Å². The molecule has 0 aliphatic carbocycles. The standard InChI is InChI=1S/C13H18N2O2/c14-13(16)5-7-15-9-10-6-8-17-12-4-2-1-3-11(10)12/h1-4,10,15H,5-9H2,(H2,14,16). The van der Waals surface area contributed by atoms with Crippen LogP contribution in [-0.4, -0.2) is 25.6 Å². The highest BCUT2D eigenvalue weighted by Gasteiger charge is 2.20. The minimum absolute atomic E-state index is 0.259. The minimum Gasteiger partial charge on any atom is -0.493 e. The maximum Gasteiger partial charge on any atom is 0.218 e. The van der Waals surface area contributed by atoms with Gasteiger partial charge in [-0.15, -0.1) is 0 Å². The monoisotopic (exact) mass is 234 g/mol. The molecule has 1 heterocycles. The summed E-state index contributed by atoms with van der Waals surface area (Å²) < 4.78 is 5.60. The van der Waals surface area contributed by atoms with E-state index in [1.807, 2.05) is 18.2 Å². The van der Waals surface area contributed by atoms with Gasteiger partial charge >= 0.3 is 0 Å². The van der Waals surface area contributed by atoms with Crippen molar-refractivity contribution < 1.29 is 9.53 Å². The average molecular weight is 234 g/mol. The summed E-state index contributed by atoms with van der Waals surface area (Å²) in [5, 5.41) is 3.27. The van der Waals surface area contributed by atoms with E-state index in [1.165, 1.54) is 5.56 Å². The zero-order valence-electron chi connectivity index (χ0n) is 9.82. The molecule has 92 valence electrons. The third-order valence-corrected chi connectivity index (χ3v) is 3.02. The van der Waals surface area contributed by atoms with E-state index in [2.05, 4.69) is 11.4 Å². The lowest BCUT2D eigenvalue weighted by Gasteiger charge is -2.26. The first kappa shape index (κ1) is 11.9. The fourth-order valence-corrected chi connectivity index (χ4v) is 2.12. The number of nitrogens with one attached hydrogen (secondary N) is 1. The molecule has 2 rings (SSSR count). The largest absolute Gasteiger partial charge is 0.493 e. The van der Waals surface area contributed by atoms with Crippen LogP contribution in [0.5, 0.6) is 5.75 Å². The molecule has 17 heavy (non-hydrogen) atoms. The molecule has 0 spiro atoms. The van der Waals surface area contributed by atoms with Gasteiger partial charge in [0, 0.05) is 25.4 Å². The van der Waals surface area contributed by atoms with Crippen LogP contribution >= 0.6 is 0 Å². The molecule has 1 aliphatic rings. The van der Waals surface area contributed by atoms with Crippen molar-refractivity contribution in [3.05, 3.63) is 29.8 Å². The van der Waals surface area contributed by atoms with Crippen molar-refractivity contribution >= 4 is 5.91 Å². The fourth-order valence-electron chi connectivity index (χ4n) is 2.12. The van der Waals surface area contributed by atoms with Crippen molar-refractivity contribution in [2.75, 3.05) is 19.7 Å². The molecule has 4 nitrogen and oxygen atoms in total. The van der Waals surface area contributed by atoms with Crippen LogP contribution in [-0.2, 0) is 4.79 Å². The Morgan fingerprint density at radius 2 is 2.29 bits per heavy atom. The quantitative estimate of drug-likeness (QED) is 0.748. The van der Waals surface area contributed by atoms with Crippen LogP contribution in [0, 0.1) is 0 Å². The third-order valence-electron chi connectivity index (χ3n) is 3.02. The Bertz CT molecular complexity index is 393. The summed E-state index contributed by atoms with van der Waals surface area (Å²) in [4.78, 5) is 10.6. The number of para-hydroxylation sites is 1. The molecule has 1 aromatic rings. The van der Waals surface area contributed by atoms with E-state index >= 15 is 0 Å². The molecule has 1 aliphatic heterocycles. The van der Waals surface area contributed by atoms with E-state index in [0.717, 1.165) is 25.3 Å². The van der Waals surface area contributed by atoms with Crippen LogP contribution in [0.3, 0.4) is 0 Å². The Kier molecular flexibility index (Phi) is 3.98. The summed E-state index contributed by atoms with van der Waals surface area (Å²) >= 11 is 0. The van der Waals surface area contributed by atoms with E-state index in [9.17, 15) is 4.79 Å². The number of amides is 1. The van der Waals surface area contributed by atoms with E-state index < -0.39 is 0 Å². The molecule has 0 aromatic heterocycles. The Morgan fingerprint density at radius 1 is 1.47 bits per heavy atom. The van der Waals surface area contributed by atoms with Crippen molar-refractivity contribution in [2.24, 2.45) is 5.73 Å². The first-order valence-electron chi connectivity index (χ1n) is 5.98. The molecule has 1 amide bonds. The van der Waals surface area contributed by atoms with E-state index in [1.54, 1.807) is 0 Å². The first-order chi connectivity index (χ1) is 8.27. The van der Waals surface area contributed by atoms with Gasteiger partial charge in [0.2, 0.25) is 5.91 Å². The Hall–Kier alpha value is -1.55. The normalized spacial score (nSPS) is 18.2. The van der Waals surface area contributed by atoms with Gasteiger partial charge in [0.05, 0.1) is 6.61 Å². The lowest BCUT2D eigenvalue weighted by atomic mass is 9.93. The molecule has 0 fully saturated rings. The fraction of sp³-hybridized carbons (Fsp3) is 0.462. The van der Waals surface area contributed by atoms with Crippen LogP contribution in [0.15, 0.2) is 24.3 Å². The SMILES string of the molecule is NC(=O)CCNCC1CCOc2ccccc21. The molecule has 0 saturated carbocycles. The van der Waals surface area contributed by atoms with Crippen LogP contribution in [0.25, 0.3) is 0 Å². The maximum absolute atomic E-state index is 10.6. The second-order valence-electron chi connectivity index (χ2n) is 4.29. The molecular weight excluding hydrogens is 216 g/mol. The highest BCUT2D eigenvalue weighted by molar-refractivity contribution is 5.73. The maximum atomic E-state index is 10.6. The number of hydrogen-bond acceptors (Lipinski definition) is 3. The number of ether oxygens (including phenoxy) is 1. The van der Waals surface area contributed by atoms with Crippen molar-refractivity contribution in [3.8, 4) is 5.75 Å². The van der Waals surface area contributed by atoms with Gasteiger partial charge in [-0.1, -0.05) is 18.2 Å². The summed E-state index contributed by atoms with van der Waals surface area (Å²) in [6.07, 6.45) is 1.41. The summed E-state index contributed by atoms with van der Waals surface area (Å²) in [5.74, 6) is 1.19. The zero-order valence-corrected chi connectivity index (χ0v) is 9.82. The van der Waals surface area contributed by atoms with Gasteiger partial charge < -0.3 is 15.8 Å². The molecule has 1 aromatic carbocycles. The Balaban J connectivity index is 1.88. The van der Waals surface area contributed by atoms with Gasteiger partial charge in [0.25, 0.3) is 0 Å². The number of carbonyl (C=O) groups excluding carboxylic acids is 1. The lowest BCUT2D eigenvalue weighted by Crippen LogP contribution is -2.28. The van der Waals surface area contributed by atoms with E-state index in [-0.39, 0.29) is 5.91 Å². The second-order valence-corrected chi connectivity index (χ2v) is 4.29. The lowest BCUT2D eigenvalue weighted by molar-refractivity contribution is -0.117. The molecule has 1 atom stereocenters. The number of primary amides is 1. The molecule has 4 heteroatoms. The summed E-state index contributed by atoms with van der Waals surface area (Å²) in [6, 6.07) is 8.13. The molecule has 1 unspecified atom stereocenters. The van der Waals surface area contributed by atoms with Crippen molar-refractivity contribution in [3.63, 3.8) is 0 Å². The minimum atomic E-state index is -0.259. The number of fused-ring (bicyclic) bond motifs is 1. The average Bonchev–Trinajstić information content (AvgIpc) is 2.34. The second kappa shape index (κ2) is 5.68. The van der Waals surface area contributed by atoms with Crippen LogP contribution < -0.4 is 15.8 Å². The summed E-state index contributed by atoms with van der Waals surface area (Å²) in [5.41, 5.74) is 6.34. The highest BCUT2D eigenvalue weighted by atomic mass is 16.5. The number of carbonyl (C=O) groups is 1. The van der Waals surface area contributed by atoms with Crippen molar-refractivity contribution in [2.45, 2.75) is 18.8 Å². The number of nitrogens with two attached hydrogens (primary N) is 1. The Labute approximate surface area is 101 Å². The number of benzene rings is 1. The van der Waals surface area contributed by atoms with Crippen molar-refractivity contribution in [1.29, 1.82) is 0 Å². The predicted molar refractivity (Wildman–Crippen MR) is 66.0 cm³/mol. The first-order valence-corrected chi connectivity index (χ1v) is 5.98. The highest BCUT2D eigenvalue weighted by Crippen LogP contribution is 2.32. The molecular formula is C13H18N2O2. The van der Waals surface area contributed by atoms with Gasteiger partial charge in [0.15, 0.2) is 0 Å². The summed E-state index contributed by atoms with van der Waals surface area (Å²) in [7, 11) is 0. The van der Waals surface area contributed by atoms with Gasteiger partial charge in [-0.25, -0.2) is 0 Å². The molecule has 0 radical (unpaired) electrons. The van der Waals surface area contributed by atoms with Gasteiger partial charge in [-0.05, 0) is 18.1 Å². The third kappa shape index (κ3) is 3.20. The number of rotatable bonds is 5. The molecule has 0 saturated heterocycles.